The molecule has 2 rings (SSSR count). The van der Waals surface area contributed by atoms with Gasteiger partial charge in [0.1, 0.15) is 11.5 Å². The molecule has 16 heavy (non-hydrogen) atoms. The van der Waals surface area contributed by atoms with Crippen LogP contribution in [-0.2, 0) is 6.42 Å². The molecule has 1 aromatic rings. The second-order valence-corrected chi connectivity index (χ2v) is 4.32. The summed E-state index contributed by atoms with van der Waals surface area (Å²) in [5.74, 6) is 0.803. The van der Waals surface area contributed by atoms with Crippen LogP contribution in [0.4, 0.5) is 0 Å². The first-order valence-corrected chi connectivity index (χ1v) is 5.42. The summed E-state index contributed by atoms with van der Waals surface area (Å²) in [6, 6.07) is 5.16. The van der Waals surface area contributed by atoms with E-state index >= 15 is 0 Å². The maximum atomic E-state index is 10.2. The third-order valence-electron chi connectivity index (χ3n) is 3.03. The molecule has 1 heterocycles. The lowest BCUT2D eigenvalue weighted by molar-refractivity contribution is 0.0612. The molecule has 0 bridgehead atoms. The van der Waals surface area contributed by atoms with Crippen LogP contribution in [0.3, 0.4) is 0 Å². The Hall–Kier alpha value is -1.26. The van der Waals surface area contributed by atoms with Crippen LogP contribution in [0.5, 0.6) is 11.5 Å². The second kappa shape index (κ2) is 4.31. The van der Waals surface area contributed by atoms with Crippen molar-refractivity contribution in [3.8, 4) is 11.5 Å². The van der Waals surface area contributed by atoms with E-state index in [2.05, 4.69) is 5.32 Å². The fourth-order valence-electron chi connectivity index (χ4n) is 2.06. The van der Waals surface area contributed by atoms with Gasteiger partial charge in [-0.2, -0.15) is 0 Å². The molecular weight excluding hydrogens is 206 g/mol. The van der Waals surface area contributed by atoms with Gasteiger partial charge >= 0.3 is 0 Å². The van der Waals surface area contributed by atoms with E-state index in [4.69, 9.17) is 4.74 Å². The van der Waals surface area contributed by atoms with Gasteiger partial charge in [0.15, 0.2) is 0 Å². The summed E-state index contributed by atoms with van der Waals surface area (Å²) in [5, 5.41) is 23.1. The molecule has 1 atom stereocenters. The molecule has 0 amide bonds. The summed E-state index contributed by atoms with van der Waals surface area (Å²) in [6.45, 7) is 1.41. The SMILES string of the molecule is COc1ccc(CC2(O)CCNC2)c(O)c1. The number of aromatic hydroxyl groups is 1. The fraction of sp³-hybridized carbons (Fsp3) is 0.500. The van der Waals surface area contributed by atoms with Crippen molar-refractivity contribution in [1.29, 1.82) is 0 Å². The Balaban J connectivity index is 2.15. The van der Waals surface area contributed by atoms with Crippen LogP contribution in [0.1, 0.15) is 12.0 Å². The van der Waals surface area contributed by atoms with E-state index in [0.717, 1.165) is 18.5 Å². The average molecular weight is 223 g/mol. The lowest BCUT2D eigenvalue weighted by atomic mass is 9.93. The molecule has 4 nitrogen and oxygen atoms in total. The Morgan fingerprint density at radius 2 is 2.31 bits per heavy atom. The number of methoxy groups -OCH3 is 1. The zero-order chi connectivity index (χ0) is 11.6. The smallest absolute Gasteiger partial charge is 0.122 e. The van der Waals surface area contributed by atoms with Crippen molar-refractivity contribution >= 4 is 0 Å². The number of phenolic OH excluding ortho intramolecular Hbond substituents is 1. The van der Waals surface area contributed by atoms with Gasteiger partial charge in [0.25, 0.3) is 0 Å². The van der Waals surface area contributed by atoms with Gasteiger partial charge in [-0.05, 0) is 24.6 Å². The minimum absolute atomic E-state index is 0.180. The molecule has 1 unspecified atom stereocenters. The van der Waals surface area contributed by atoms with Crippen molar-refractivity contribution in [3.63, 3.8) is 0 Å². The maximum absolute atomic E-state index is 10.2. The van der Waals surface area contributed by atoms with Crippen LogP contribution >= 0.6 is 0 Å². The number of rotatable bonds is 3. The normalized spacial score (nSPS) is 24.6. The van der Waals surface area contributed by atoms with E-state index in [1.807, 2.05) is 0 Å². The van der Waals surface area contributed by atoms with Crippen LogP contribution in [0.2, 0.25) is 0 Å². The molecule has 1 saturated heterocycles. The lowest BCUT2D eigenvalue weighted by Crippen LogP contribution is -2.33. The Bertz CT molecular complexity index is 373. The first-order chi connectivity index (χ1) is 7.63. The summed E-state index contributed by atoms with van der Waals surface area (Å²) < 4.78 is 5.01. The molecule has 1 aliphatic heterocycles. The molecule has 88 valence electrons. The fourth-order valence-corrected chi connectivity index (χ4v) is 2.06. The highest BCUT2D eigenvalue weighted by Crippen LogP contribution is 2.28. The minimum Gasteiger partial charge on any atom is -0.508 e. The zero-order valence-corrected chi connectivity index (χ0v) is 9.36. The Morgan fingerprint density at radius 1 is 1.50 bits per heavy atom. The van der Waals surface area contributed by atoms with Gasteiger partial charge in [-0.25, -0.2) is 0 Å². The number of β-amino-alcohol motifs (C(OH)–C–C–N with tert-alkyl or cyclic N) is 1. The predicted octanol–water partition coefficient (Wildman–Crippen LogP) is 0.668. The lowest BCUT2D eigenvalue weighted by Gasteiger charge is -2.21. The number of ether oxygens (including phenoxy) is 1. The number of hydrogen-bond donors (Lipinski definition) is 3. The molecule has 0 saturated carbocycles. The van der Waals surface area contributed by atoms with Crippen molar-refractivity contribution in [2.45, 2.75) is 18.4 Å². The molecule has 1 aliphatic rings. The molecule has 1 aromatic carbocycles. The molecule has 4 heteroatoms. The van der Waals surface area contributed by atoms with Crippen LogP contribution in [0.15, 0.2) is 18.2 Å². The maximum Gasteiger partial charge on any atom is 0.122 e. The molecular formula is C12H17NO3. The number of aliphatic hydroxyl groups is 1. The third kappa shape index (κ3) is 2.28. The van der Waals surface area contributed by atoms with E-state index < -0.39 is 5.60 Å². The molecule has 0 aromatic heterocycles. The van der Waals surface area contributed by atoms with Gasteiger partial charge in [0.2, 0.25) is 0 Å². The topological polar surface area (TPSA) is 61.7 Å². The first kappa shape index (κ1) is 11.2. The van der Waals surface area contributed by atoms with E-state index in [1.54, 1.807) is 25.3 Å². The monoisotopic (exact) mass is 223 g/mol. The van der Waals surface area contributed by atoms with Gasteiger partial charge in [-0.3, -0.25) is 0 Å². The van der Waals surface area contributed by atoms with Crippen LogP contribution in [-0.4, -0.2) is 36.0 Å². The van der Waals surface area contributed by atoms with Crippen LogP contribution < -0.4 is 10.1 Å². The number of benzene rings is 1. The number of phenols is 1. The molecule has 3 N–H and O–H groups in total. The summed E-state index contributed by atoms with van der Waals surface area (Å²) >= 11 is 0. The number of hydrogen-bond acceptors (Lipinski definition) is 4. The van der Waals surface area contributed by atoms with Gasteiger partial charge in [-0.15, -0.1) is 0 Å². The first-order valence-electron chi connectivity index (χ1n) is 5.42. The van der Waals surface area contributed by atoms with Crippen LogP contribution in [0.25, 0.3) is 0 Å². The standard InChI is InChI=1S/C12H17NO3/c1-16-10-3-2-9(11(14)6-10)7-12(15)4-5-13-8-12/h2-3,6,13-15H,4-5,7-8H2,1H3. The highest BCUT2D eigenvalue weighted by Gasteiger charge is 2.31. The summed E-state index contributed by atoms with van der Waals surface area (Å²) in [6.07, 6.45) is 1.19. The van der Waals surface area contributed by atoms with Gasteiger partial charge < -0.3 is 20.3 Å². The van der Waals surface area contributed by atoms with Crippen molar-refractivity contribution in [2.75, 3.05) is 20.2 Å². The zero-order valence-electron chi connectivity index (χ0n) is 9.36. The van der Waals surface area contributed by atoms with Crippen LogP contribution in [0, 0.1) is 0 Å². The molecule has 0 spiro atoms. The Kier molecular flexibility index (Phi) is 3.03. The predicted molar refractivity (Wildman–Crippen MR) is 60.8 cm³/mol. The summed E-state index contributed by atoms with van der Waals surface area (Å²) in [4.78, 5) is 0. The van der Waals surface area contributed by atoms with Crippen molar-refractivity contribution in [1.82, 2.24) is 5.32 Å². The quantitative estimate of drug-likeness (QED) is 0.704. The Morgan fingerprint density at radius 3 is 2.88 bits per heavy atom. The van der Waals surface area contributed by atoms with E-state index in [-0.39, 0.29) is 5.75 Å². The summed E-state index contributed by atoms with van der Waals surface area (Å²) in [7, 11) is 1.56. The van der Waals surface area contributed by atoms with E-state index in [0.29, 0.717) is 18.7 Å². The summed E-state index contributed by atoms with van der Waals surface area (Å²) in [5.41, 5.74) is 0.0264. The van der Waals surface area contributed by atoms with E-state index in [1.165, 1.54) is 0 Å². The average Bonchev–Trinajstić information content (AvgIpc) is 2.68. The Labute approximate surface area is 94.9 Å². The second-order valence-electron chi connectivity index (χ2n) is 4.32. The highest BCUT2D eigenvalue weighted by atomic mass is 16.5. The molecule has 1 fully saturated rings. The van der Waals surface area contributed by atoms with E-state index in [9.17, 15) is 10.2 Å². The van der Waals surface area contributed by atoms with Gasteiger partial charge in [-0.1, -0.05) is 6.07 Å². The highest BCUT2D eigenvalue weighted by molar-refractivity contribution is 5.40. The molecule has 0 radical (unpaired) electrons. The number of nitrogens with one attached hydrogen (secondary N) is 1. The van der Waals surface area contributed by atoms with Gasteiger partial charge in [0, 0.05) is 19.0 Å². The minimum atomic E-state index is -0.730. The third-order valence-corrected chi connectivity index (χ3v) is 3.03. The van der Waals surface area contributed by atoms with Crippen molar-refractivity contribution in [3.05, 3.63) is 23.8 Å². The van der Waals surface area contributed by atoms with Crippen molar-refractivity contribution in [2.24, 2.45) is 0 Å². The largest absolute Gasteiger partial charge is 0.508 e. The molecule has 0 aliphatic carbocycles. The van der Waals surface area contributed by atoms with Crippen molar-refractivity contribution < 1.29 is 14.9 Å². The van der Waals surface area contributed by atoms with Gasteiger partial charge in [0.05, 0.1) is 12.7 Å².